The number of carbonyl (C=O) groups excluding carboxylic acids is 1. The van der Waals surface area contributed by atoms with Crippen molar-refractivity contribution in [3.8, 4) is 0 Å². The van der Waals surface area contributed by atoms with Crippen LogP contribution in [0.2, 0.25) is 5.02 Å². The summed E-state index contributed by atoms with van der Waals surface area (Å²) >= 11 is 6.14. The predicted octanol–water partition coefficient (Wildman–Crippen LogP) is 5.66. The van der Waals surface area contributed by atoms with Crippen molar-refractivity contribution in [3.05, 3.63) is 58.7 Å². The molecule has 1 fully saturated rings. The fourth-order valence-corrected chi connectivity index (χ4v) is 3.90. The first-order valence-corrected chi connectivity index (χ1v) is 10.7. The Labute approximate surface area is 193 Å². The Hall–Kier alpha value is -3.04. The third-order valence-electron chi connectivity index (χ3n) is 5.25. The fourth-order valence-electron chi connectivity index (χ4n) is 3.73. The highest BCUT2D eigenvalue weighted by Gasteiger charge is 2.35. The SMILES string of the molecule is CCOC(=O)c1cnc2ccc(Cl)cc2c1Nc1ccc(N2CCOCC2)c(C(F)(F)F)c1. The lowest BCUT2D eigenvalue weighted by Crippen LogP contribution is -2.37. The third kappa shape index (κ3) is 4.99. The summed E-state index contributed by atoms with van der Waals surface area (Å²) in [6.07, 6.45) is -3.23. The number of fused-ring (bicyclic) bond motifs is 1. The van der Waals surface area contributed by atoms with Gasteiger partial charge in [-0.25, -0.2) is 4.79 Å². The lowest BCUT2D eigenvalue weighted by molar-refractivity contribution is -0.137. The quantitative estimate of drug-likeness (QED) is 0.476. The summed E-state index contributed by atoms with van der Waals surface area (Å²) in [6, 6.07) is 8.92. The fraction of sp³-hybridized carbons (Fsp3) is 0.304. The summed E-state index contributed by atoms with van der Waals surface area (Å²) in [7, 11) is 0. The monoisotopic (exact) mass is 479 g/mol. The van der Waals surface area contributed by atoms with Crippen LogP contribution in [0.3, 0.4) is 0 Å². The van der Waals surface area contributed by atoms with Gasteiger partial charge in [0, 0.05) is 41.1 Å². The van der Waals surface area contributed by atoms with Crippen LogP contribution >= 0.6 is 11.6 Å². The standard InChI is InChI=1S/C23H21ClF3N3O3/c1-2-33-22(31)17-13-28-19-5-3-14(24)11-16(19)21(17)29-15-4-6-20(18(12-15)23(25,26)27)30-7-9-32-10-8-30/h3-6,11-13H,2,7-10H2,1H3,(H,28,29). The minimum atomic E-state index is -4.57. The van der Waals surface area contributed by atoms with Crippen molar-refractivity contribution in [2.75, 3.05) is 43.1 Å². The van der Waals surface area contributed by atoms with Gasteiger partial charge in [-0.05, 0) is 43.3 Å². The maximum atomic E-state index is 13.9. The predicted molar refractivity (Wildman–Crippen MR) is 120 cm³/mol. The molecule has 1 saturated heterocycles. The number of morpholine rings is 1. The molecule has 2 heterocycles. The molecule has 2 aromatic carbocycles. The van der Waals surface area contributed by atoms with Crippen molar-refractivity contribution in [1.29, 1.82) is 0 Å². The molecule has 1 aromatic heterocycles. The minimum Gasteiger partial charge on any atom is -0.462 e. The van der Waals surface area contributed by atoms with E-state index in [-0.39, 0.29) is 29.2 Å². The molecule has 0 unspecified atom stereocenters. The Balaban J connectivity index is 1.81. The molecule has 1 N–H and O–H groups in total. The Morgan fingerprint density at radius 1 is 1.21 bits per heavy atom. The number of anilines is 3. The summed E-state index contributed by atoms with van der Waals surface area (Å²) in [4.78, 5) is 18.5. The lowest BCUT2D eigenvalue weighted by Gasteiger charge is -2.31. The summed E-state index contributed by atoms with van der Waals surface area (Å²) < 4.78 is 52.2. The van der Waals surface area contributed by atoms with Crippen molar-refractivity contribution in [3.63, 3.8) is 0 Å². The Bertz CT molecular complexity index is 1180. The molecule has 174 valence electrons. The molecular formula is C23H21ClF3N3O3. The third-order valence-corrected chi connectivity index (χ3v) is 5.48. The zero-order valence-corrected chi connectivity index (χ0v) is 18.5. The zero-order valence-electron chi connectivity index (χ0n) is 17.7. The number of pyridine rings is 1. The van der Waals surface area contributed by atoms with Crippen LogP contribution in [-0.4, -0.2) is 43.9 Å². The van der Waals surface area contributed by atoms with Crippen LogP contribution in [0.1, 0.15) is 22.8 Å². The molecule has 33 heavy (non-hydrogen) atoms. The molecule has 0 amide bonds. The molecule has 1 aliphatic rings. The summed E-state index contributed by atoms with van der Waals surface area (Å²) in [5.41, 5.74) is 0.368. The normalized spacial score (nSPS) is 14.4. The Morgan fingerprint density at radius 2 is 1.97 bits per heavy atom. The van der Waals surface area contributed by atoms with Crippen molar-refractivity contribution >= 4 is 45.5 Å². The highest BCUT2D eigenvalue weighted by molar-refractivity contribution is 6.31. The minimum absolute atomic E-state index is 0.0876. The van der Waals surface area contributed by atoms with Gasteiger partial charge in [0.25, 0.3) is 0 Å². The van der Waals surface area contributed by atoms with E-state index in [0.29, 0.717) is 42.2 Å². The molecule has 0 saturated carbocycles. The molecule has 0 aliphatic carbocycles. The number of nitrogens with zero attached hydrogens (tertiary/aromatic N) is 2. The number of ether oxygens (including phenoxy) is 2. The smallest absolute Gasteiger partial charge is 0.418 e. The van der Waals surface area contributed by atoms with E-state index in [0.717, 1.165) is 6.07 Å². The molecule has 4 rings (SSSR count). The zero-order chi connectivity index (χ0) is 23.6. The van der Waals surface area contributed by atoms with Crippen LogP contribution in [0.15, 0.2) is 42.6 Å². The van der Waals surface area contributed by atoms with Gasteiger partial charge in [0.2, 0.25) is 0 Å². The molecule has 0 atom stereocenters. The number of benzene rings is 2. The highest BCUT2D eigenvalue weighted by Crippen LogP contribution is 2.40. The van der Waals surface area contributed by atoms with Crippen LogP contribution in [0.4, 0.5) is 30.2 Å². The van der Waals surface area contributed by atoms with Crippen LogP contribution in [-0.2, 0) is 15.7 Å². The van der Waals surface area contributed by atoms with E-state index < -0.39 is 17.7 Å². The molecule has 6 nitrogen and oxygen atoms in total. The molecule has 10 heteroatoms. The van der Waals surface area contributed by atoms with Crippen LogP contribution in [0, 0.1) is 0 Å². The van der Waals surface area contributed by atoms with E-state index >= 15 is 0 Å². The van der Waals surface area contributed by atoms with Crippen LogP contribution in [0.5, 0.6) is 0 Å². The summed E-state index contributed by atoms with van der Waals surface area (Å²) in [5, 5.41) is 3.86. The molecular weight excluding hydrogens is 459 g/mol. The maximum absolute atomic E-state index is 13.9. The van der Waals surface area contributed by atoms with Gasteiger partial charge in [-0.15, -0.1) is 0 Å². The molecule has 0 bridgehead atoms. The van der Waals surface area contributed by atoms with Gasteiger partial charge >= 0.3 is 12.1 Å². The average Bonchev–Trinajstić information content (AvgIpc) is 2.79. The van der Waals surface area contributed by atoms with Gasteiger partial charge in [0.1, 0.15) is 5.56 Å². The van der Waals surface area contributed by atoms with E-state index in [1.807, 2.05) is 0 Å². The second-order valence-electron chi connectivity index (χ2n) is 7.38. The second kappa shape index (κ2) is 9.44. The van der Waals surface area contributed by atoms with Gasteiger partial charge in [0.05, 0.1) is 36.6 Å². The van der Waals surface area contributed by atoms with Gasteiger partial charge in [-0.2, -0.15) is 13.2 Å². The highest BCUT2D eigenvalue weighted by atomic mass is 35.5. The number of halogens is 4. The Morgan fingerprint density at radius 3 is 2.67 bits per heavy atom. The number of esters is 1. The van der Waals surface area contributed by atoms with E-state index in [9.17, 15) is 18.0 Å². The van der Waals surface area contributed by atoms with Crippen molar-refractivity contribution in [1.82, 2.24) is 4.98 Å². The van der Waals surface area contributed by atoms with Crippen LogP contribution in [0.25, 0.3) is 10.9 Å². The van der Waals surface area contributed by atoms with Crippen LogP contribution < -0.4 is 10.2 Å². The number of nitrogens with one attached hydrogen (secondary N) is 1. The van der Waals surface area contributed by atoms with Gasteiger partial charge in [-0.3, -0.25) is 4.98 Å². The Kier molecular flexibility index (Phi) is 6.62. The van der Waals surface area contributed by atoms with E-state index in [1.165, 1.54) is 12.3 Å². The number of rotatable bonds is 5. The van der Waals surface area contributed by atoms with Crippen molar-refractivity contribution in [2.24, 2.45) is 0 Å². The molecule has 3 aromatic rings. The average molecular weight is 480 g/mol. The topological polar surface area (TPSA) is 63.7 Å². The van der Waals surface area contributed by atoms with Gasteiger partial charge in [0.15, 0.2) is 0 Å². The van der Waals surface area contributed by atoms with Crippen molar-refractivity contribution in [2.45, 2.75) is 13.1 Å². The number of alkyl halides is 3. The maximum Gasteiger partial charge on any atom is 0.418 e. The van der Waals surface area contributed by atoms with E-state index in [2.05, 4.69) is 10.3 Å². The number of hydrogen-bond donors (Lipinski definition) is 1. The van der Waals surface area contributed by atoms with Crippen molar-refractivity contribution < 1.29 is 27.4 Å². The van der Waals surface area contributed by atoms with Gasteiger partial charge < -0.3 is 19.7 Å². The largest absolute Gasteiger partial charge is 0.462 e. The first-order chi connectivity index (χ1) is 15.8. The first-order valence-electron chi connectivity index (χ1n) is 10.3. The summed E-state index contributed by atoms with van der Waals surface area (Å²) in [5.74, 6) is -0.643. The van der Waals surface area contributed by atoms with E-state index in [1.54, 1.807) is 36.1 Å². The number of carbonyl (C=O) groups is 1. The first kappa shape index (κ1) is 23.1. The second-order valence-corrected chi connectivity index (χ2v) is 7.82. The molecule has 0 radical (unpaired) electrons. The van der Waals surface area contributed by atoms with E-state index in [4.69, 9.17) is 21.1 Å². The molecule has 0 spiro atoms. The number of aromatic nitrogens is 1. The lowest BCUT2D eigenvalue weighted by atomic mass is 10.1. The van der Waals surface area contributed by atoms with Gasteiger partial charge in [-0.1, -0.05) is 11.6 Å². The molecule has 1 aliphatic heterocycles. The summed E-state index contributed by atoms with van der Waals surface area (Å²) in [6.45, 7) is 3.27. The number of hydrogen-bond acceptors (Lipinski definition) is 6.